The molecule has 0 spiro atoms. The molecule has 3 heterocycles. The second-order valence-electron chi connectivity index (χ2n) is 5.31. The minimum Gasteiger partial charge on any atom is -0.394 e. The molecular weight excluding hydrogens is 295 g/mol. The highest BCUT2D eigenvalue weighted by Gasteiger charge is 2.45. The highest BCUT2D eigenvalue weighted by atomic mass is 19.1. The molecule has 3 rings (SSSR count). The second kappa shape index (κ2) is 5.30. The van der Waals surface area contributed by atoms with Crippen molar-refractivity contribution in [2.24, 2.45) is 0 Å². The van der Waals surface area contributed by atoms with Gasteiger partial charge in [0, 0.05) is 14.1 Å². The fraction of sp³-hybridized carbons (Fsp3) is 0.583. The van der Waals surface area contributed by atoms with Gasteiger partial charge in [-0.1, -0.05) is 0 Å². The standard InChI is InChI=1S/C12H17FN6O3/c1-18(2)12-16-9(14)7-10(17-12)19(4-15-7)11-6(13)8(21)5(3-20)22-11/h4-6,8,11,20-21H,3H2,1-2H3,(H2,14,16,17)/t5-,6?,8-,11-/m1/s1. The number of halogens is 1. The molecule has 1 aliphatic rings. The van der Waals surface area contributed by atoms with Crippen molar-refractivity contribution in [3.8, 4) is 0 Å². The van der Waals surface area contributed by atoms with Crippen molar-refractivity contribution in [1.82, 2.24) is 19.5 Å². The maximum Gasteiger partial charge on any atom is 0.228 e. The van der Waals surface area contributed by atoms with Crippen molar-refractivity contribution >= 4 is 22.9 Å². The molecule has 0 bridgehead atoms. The molecule has 0 radical (unpaired) electrons. The Labute approximate surface area is 125 Å². The van der Waals surface area contributed by atoms with Gasteiger partial charge < -0.3 is 25.6 Å². The lowest BCUT2D eigenvalue weighted by molar-refractivity contribution is -0.0459. The molecular formula is C12H17FN6O3. The Balaban J connectivity index is 2.08. The fourth-order valence-corrected chi connectivity index (χ4v) is 2.39. The van der Waals surface area contributed by atoms with Gasteiger partial charge in [0.1, 0.15) is 17.7 Å². The van der Waals surface area contributed by atoms with E-state index in [0.717, 1.165) is 0 Å². The van der Waals surface area contributed by atoms with Crippen LogP contribution in [0.2, 0.25) is 0 Å². The van der Waals surface area contributed by atoms with Crippen LogP contribution < -0.4 is 10.6 Å². The van der Waals surface area contributed by atoms with E-state index in [1.165, 1.54) is 10.9 Å². The van der Waals surface area contributed by atoms with Crippen molar-refractivity contribution in [2.45, 2.75) is 24.6 Å². The number of nitrogen functional groups attached to an aromatic ring is 1. The topological polar surface area (TPSA) is 123 Å². The molecule has 1 unspecified atom stereocenters. The minimum absolute atomic E-state index is 0.167. The average molecular weight is 312 g/mol. The predicted molar refractivity (Wildman–Crippen MR) is 76.0 cm³/mol. The number of aromatic nitrogens is 4. The van der Waals surface area contributed by atoms with E-state index in [4.69, 9.17) is 15.6 Å². The van der Waals surface area contributed by atoms with Crippen molar-refractivity contribution in [2.75, 3.05) is 31.3 Å². The highest BCUT2D eigenvalue weighted by molar-refractivity contribution is 5.83. The first-order chi connectivity index (χ1) is 10.4. The first-order valence-electron chi connectivity index (χ1n) is 6.70. The molecule has 120 valence electrons. The van der Waals surface area contributed by atoms with Gasteiger partial charge in [0.2, 0.25) is 5.95 Å². The number of fused-ring (bicyclic) bond motifs is 1. The first-order valence-corrected chi connectivity index (χ1v) is 6.70. The molecule has 0 saturated carbocycles. The highest BCUT2D eigenvalue weighted by Crippen LogP contribution is 2.34. The van der Waals surface area contributed by atoms with E-state index in [-0.39, 0.29) is 5.82 Å². The van der Waals surface area contributed by atoms with Gasteiger partial charge in [-0.25, -0.2) is 9.37 Å². The van der Waals surface area contributed by atoms with Crippen LogP contribution in [0.5, 0.6) is 0 Å². The Morgan fingerprint density at radius 1 is 1.45 bits per heavy atom. The normalized spacial score (nSPS) is 28.4. The maximum atomic E-state index is 14.2. The lowest BCUT2D eigenvalue weighted by Crippen LogP contribution is -2.30. The summed E-state index contributed by atoms with van der Waals surface area (Å²) in [5.74, 6) is 0.513. The summed E-state index contributed by atoms with van der Waals surface area (Å²) in [6, 6.07) is 0. The van der Waals surface area contributed by atoms with E-state index in [1.54, 1.807) is 19.0 Å². The molecule has 9 nitrogen and oxygen atoms in total. The maximum absolute atomic E-state index is 14.2. The van der Waals surface area contributed by atoms with Crippen molar-refractivity contribution < 1.29 is 19.3 Å². The van der Waals surface area contributed by atoms with Crippen LogP contribution in [0.15, 0.2) is 6.33 Å². The molecule has 1 fully saturated rings. The third-order valence-electron chi connectivity index (χ3n) is 3.58. The Morgan fingerprint density at radius 3 is 2.77 bits per heavy atom. The summed E-state index contributed by atoms with van der Waals surface area (Å²) in [5.41, 5.74) is 6.47. The molecule has 22 heavy (non-hydrogen) atoms. The molecule has 0 amide bonds. The van der Waals surface area contributed by atoms with Gasteiger partial charge in [-0.05, 0) is 0 Å². The van der Waals surface area contributed by atoms with Crippen LogP contribution in [-0.4, -0.2) is 68.8 Å². The summed E-state index contributed by atoms with van der Waals surface area (Å²) in [5, 5.41) is 18.9. The molecule has 10 heteroatoms. The van der Waals surface area contributed by atoms with Crippen LogP contribution in [0.25, 0.3) is 11.2 Å². The monoisotopic (exact) mass is 312 g/mol. The molecule has 0 aromatic carbocycles. The number of nitrogens with two attached hydrogens (primary N) is 1. The largest absolute Gasteiger partial charge is 0.394 e. The Bertz CT molecular complexity index is 693. The number of aliphatic hydroxyl groups excluding tert-OH is 2. The number of anilines is 2. The molecule has 1 saturated heterocycles. The van der Waals surface area contributed by atoms with Gasteiger partial charge in [0.05, 0.1) is 12.9 Å². The Morgan fingerprint density at radius 2 is 2.18 bits per heavy atom. The van der Waals surface area contributed by atoms with E-state index >= 15 is 0 Å². The van der Waals surface area contributed by atoms with Crippen molar-refractivity contribution in [3.63, 3.8) is 0 Å². The summed E-state index contributed by atoms with van der Waals surface area (Å²) in [7, 11) is 3.49. The van der Waals surface area contributed by atoms with Gasteiger partial charge in [-0.2, -0.15) is 9.97 Å². The zero-order valence-corrected chi connectivity index (χ0v) is 12.1. The minimum atomic E-state index is -1.71. The lowest BCUT2D eigenvalue weighted by atomic mass is 10.1. The molecule has 4 atom stereocenters. The summed E-state index contributed by atoms with van der Waals surface area (Å²) in [6.45, 7) is -0.481. The van der Waals surface area contributed by atoms with Crippen LogP contribution in [-0.2, 0) is 4.74 Å². The number of aliphatic hydroxyl groups is 2. The van der Waals surface area contributed by atoms with Crippen molar-refractivity contribution in [3.05, 3.63) is 6.33 Å². The third kappa shape index (κ3) is 2.16. The van der Waals surface area contributed by atoms with E-state index in [2.05, 4.69) is 15.0 Å². The van der Waals surface area contributed by atoms with E-state index < -0.39 is 31.2 Å². The van der Waals surface area contributed by atoms with Gasteiger partial charge in [0.25, 0.3) is 0 Å². The molecule has 2 aromatic rings. The van der Waals surface area contributed by atoms with E-state index in [0.29, 0.717) is 17.1 Å². The zero-order chi connectivity index (χ0) is 16.0. The fourth-order valence-electron chi connectivity index (χ4n) is 2.39. The molecule has 1 aliphatic heterocycles. The number of hydrogen-bond donors (Lipinski definition) is 3. The SMILES string of the molecule is CN(C)c1nc(N)c2ncn([C@@H]3O[C@H](CO)[C@@H](O)C3F)c2n1. The van der Waals surface area contributed by atoms with Crippen LogP contribution in [0.3, 0.4) is 0 Å². The second-order valence-corrected chi connectivity index (χ2v) is 5.31. The summed E-state index contributed by atoms with van der Waals surface area (Å²) < 4.78 is 21.0. The van der Waals surface area contributed by atoms with Crippen LogP contribution in [0.1, 0.15) is 6.23 Å². The van der Waals surface area contributed by atoms with Gasteiger partial charge >= 0.3 is 0 Å². The van der Waals surface area contributed by atoms with Gasteiger partial charge in [0.15, 0.2) is 23.9 Å². The summed E-state index contributed by atoms with van der Waals surface area (Å²) in [4.78, 5) is 14.1. The lowest BCUT2D eigenvalue weighted by Gasteiger charge is -2.16. The number of imidazole rings is 1. The third-order valence-corrected chi connectivity index (χ3v) is 3.58. The number of ether oxygens (including phenoxy) is 1. The predicted octanol–water partition coefficient (Wildman–Crippen LogP) is -0.937. The van der Waals surface area contributed by atoms with Gasteiger partial charge in [-0.3, -0.25) is 4.57 Å². The average Bonchev–Trinajstić information content (AvgIpc) is 3.02. The van der Waals surface area contributed by atoms with Gasteiger partial charge in [-0.15, -0.1) is 0 Å². The smallest absolute Gasteiger partial charge is 0.228 e. The van der Waals surface area contributed by atoms with Crippen LogP contribution >= 0.6 is 0 Å². The number of hydrogen-bond acceptors (Lipinski definition) is 8. The molecule has 4 N–H and O–H groups in total. The van der Waals surface area contributed by atoms with Crippen LogP contribution in [0, 0.1) is 0 Å². The zero-order valence-electron chi connectivity index (χ0n) is 12.1. The van der Waals surface area contributed by atoms with E-state index in [1.807, 2.05) is 0 Å². The summed E-state index contributed by atoms with van der Waals surface area (Å²) >= 11 is 0. The summed E-state index contributed by atoms with van der Waals surface area (Å²) in [6.07, 6.45) is -3.93. The quantitative estimate of drug-likeness (QED) is 0.664. The van der Waals surface area contributed by atoms with E-state index in [9.17, 15) is 9.50 Å². The first kappa shape index (κ1) is 14.9. The number of nitrogens with zero attached hydrogens (tertiary/aromatic N) is 5. The van der Waals surface area contributed by atoms with Crippen LogP contribution in [0.4, 0.5) is 16.2 Å². The molecule has 2 aromatic heterocycles. The molecule has 0 aliphatic carbocycles. The number of rotatable bonds is 3. The van der Waals surface area contributed by atoms with Crippen molar-refractivity contribution in [1.29, 1.82) is 0 Å². The Hall–Kier alpha value is -2.04. The Kier molecular flexibility index (Phi) is 3.59. The number of alkyl halides is 1.